The highest BCUT2D eigenvalue weighted by atomic mass is 16.3. The van der Waals surface area contributed by atoms with Crippen LogP contribution < -0.4 is 5.32 Å². The maximum Gasteiger partial charge on any atom is 0.226 e. The number of anilines is 1. The molecule has 4 aromatic rings. The number of benzene rings is 2. The molecule has 0 atom stereocenters. The second-order valence-corrected chi connectivity index (χ2v) is 6.38. The summed E-state index contributed by atoms with van der Waals surface area (Å²) in [7, 11) is 0. The summed E-state index contributed by atoms with van der Waals surface area (Å²) in [5.74, 6) is 0.0168. The van der Waals surface area contributed by atoms with Crippen LogP contribution in [0.3, 0.4) is 0 Å². The number of phenols is 1. The molecule has 0 aliphatic rings. The number of hydrogen-bond donors (Lipinski definition) is 2. The van der Waals surface area contributed by atoms with Gasteiger partial charge in [-0.05, 0) is 40.3 Å². The molecule has 0 fully saturated rings. The fraction of sp³-hybridized carbons (Fsp3) is 0.0952. The highest BCUT2D eigenvalue weighted by Gasteiger charge is 2.06. The molecule has 4 rings (SSSR count). The standard InChI is InChI=1S/C21H18N6O2/c28-19-7-3-5-16-9-11-17(23-21(16)19)10-8-15-4-1-2-6-18(15)24-20(29)12-13-27-14-22-25-26-27/h1-11,14,28H,12-13H2,(H,24,29)/b10-8+. The first-order valence-corrected chi connectivity index (χ1v) is 9.05. The number of tetrazole rings is 1. The summed E-state index contributed by atoms with van der Waals surface area (Å²) in [6, 6.07) is 16.6. The second-order valence-electron chi connectivity index (χ2n) is 6.38. The topological polar surface area (TPSA) is 106 Å². The number of para-hydroxylation sites is 2. The monoisotopic (exact) mass is 386 g/mol. The molecule has 0 saturated heterocycles. The van der Waals surface area contributed by atoms with Gasteiger partial charge >= 0.3 is 0 Å². The van der Waals surface area contributed by atoms with Crippen LogP contribution in [0.25, 0.3) is 23.1 Å². The van der Waals surface area contributed by atoms with Crippen molar-refractivity contribution in [1.29, 1.82) is 0 Å². The fourth-order valence-electron chi connectivity index (χ4n) is 2.88. The van der Waals surface area contributed by atoms with Crippen LogP contribution in [-0.2, 0) is 11.3 Å². The van der Waals surface area contributed by atoms with Gasteiger partial charge in [0.1, 0.15) is 17.6 Å². The molecule has 0 radical (unpaired) electrons. The van der Waals surface area contributed by atoms with Crippen molar-refractivity contribution in [3.8, 4) is 5.75 Å². The number of rotatable bonds is 6. The van der Waals surface area contributed by atoms with Gasteiger partial charge in [0, 0.05) is 17.5 Å². The molecule has 2 N–H and O–H groups in total. The van der Waals surface area contributed by atoms with Gasteiger partial charge in [-0.3, -0.25) is 4.79 Å². The van der Waals surface area contributed by atoms with Gasteiger partial charge < -0.3 is 10.4 Å². The third-order valence-electron chi connectivity index (χ3n) is 4.35. The minimum Gasteiger partial charge on any atom is -0.506 e. The average Bonchev–Trinajstić information content (AvgIpc) is 3.26. The van der Waals surface area contributed by atoms with Crippen LogP contribution in [0.15, 0.2) is 60.9 Å². The molecule has 0 spiro atoms. The molecule has 29 heavy (non-hydrogen) atoms. The molecule has 0 unspecified atom stereocenters. The summed E-state index contributed by atoms with van der Waals surface area (Å²) in [6.45, 7) is 0.404. The smallest absolute Gasteiger partial charge is 0.226 e. The number of aromatic nitrogens is 5. The number of carbonyl (C=O) groups is 1. The Hall–Kier alpha value is -4.07. The van der Waals surface area contributed by atoms with Crippen LogP contribution in [0.2, 0.25) is 0 Å². The average molecular weight is 386 g/mol. The van der Waals surface area contributed by atoms with E-state index in [-0.39, 0.29) is 18.1 Å². The van der Waals surface area contributed by atoms with Crippen molar-refractivity contribution in [2.45, 2.75) is 13.0 Å². The Kier molecular flexibility index (Phi) is 5.24. The minimum atomic E-state index is -0.130. The zero-order valence-electron chi connectivity index (χ0n) is 15.4. The van der Waals surface area contributed by atoms with Crippen LogP contribution in [0.4, 0.5) is 5.69 Å². The summed E-state index contributed by atoms with van der Waals surface area (Å²) in [4.78, 5) is 16.8. The van der Waals surface area contributed by atoms with E-state index in [0.717, 1.165) is 10.9 Å². The van der Waals surface area contributed by atoms with Gasteiger partial charge in [0.25, 0.3) is 0 Å². The number of carbonyl (C=O) groups excluding carboxylic acids is 1. The minimum absolute atomic E-state index is 0.130. The van der Waals surface area contributed by atoms with Crippen molar-refractivity contribution >= 4 is 34.6 Å². The lowest BCUT2D eigenvalue weighted by molar-refractivity contribution is -0.116. The number of phenolic OH excluding ortho intramolecular Hbond substituents is 1. The van der Waals surface area contributed by atoms with E-state index in [9.17, 15) is 9.90 Å². The zero-order chi connectivity index (χ0) is 20.1. The number of hydrogen-bond acceptors (Lipinski definition) is 6. The maximum atomic E-state index is 12.3. The first kappa shape index (κ1) is 18.3. The molecule has 0 saturated carbocycles. The van der Waals surface area contributed by atoms with Crippen LogP contribution in [0, 0.1) is 0 Å². The third kappa shape index (κ3) is 4.44. The predicted molar refractivity (Wildman–Crippen MR) is 110 cm³/mol. The van der Waals surface area contributed by atoms with Gasteiger partial charge in [0.2, 0.25) is 5.91 Å². The van der Waals surface area contributed by atoms with Crippen LogP contribution in [0.5, 0.6) is 5.75 Å². The normalized spacial score (nSPS) is 11.2. The van der Waals surface area contributed by atoms with E-state index in [4.69, 9.17) is 0 Å². The summed E-state index contributed by atoms with van der Waals surface area (Å²) in [5.41, 5.74) is 2.81. The lowest BCUT2D eigenvalue weighted by Gasteiger charge is -2.08. The van der Waals surface area contributed by atoms with Crippen molar-refractivity contribution in [2.24, 2.45) is 0 Å². The van der Waals surface area contributed by atoms with Gasteiger partial charge in [-0.2, -0.15) is 0 Å². The summed E-state index contributed by atoms with van der Waals surface area (Å²) in [5, 5.41) is 24.6. The number of pyridine rings is 1. The molecule has 0 aliphatic carbocycles. The number of fused-ring (bicyclic) bond motifs is 1. The third-order valence-corrected chi connectivity index (χ3v) is 4.35. The summed E-state index contributed by atoms with van der Waals surface area (Å²) in [6.07, 6.45) is 5.45. The summed E-state index contributed by atoms with van der Waals surface area (Å²) < 4.78 is 1.51. The molecule has 0 aliphatic heterocycles. The number of aryl methyl sites for hydroxylation is 1. The first-order chi connectivity index (χ1) is 14.2. The van der Waals surface area contributed by atoms with E-state index in [1.54, 1.807) is 12.1 Å². The number of nitrogens with one attached hydrogen (secondary N) is 1. The number of nitrogens with zero attached hydrogens (tertiary/aromatic N) is 5. The van der Waals surface area contributed by atoms with Crippen molar-refractivity contribution < 1.29 is 9.90 Å². The molecule has 8 heteroatoms. The molecule has 1 amide bonds. The number of aromatic hydroxyl groups is 1. The predicted octanol–water partition coefficient (Wildman–Crippen LogP) is 3.13. The van der Waals surface area contributed by atoms with E-state index in [1.165, 1.54) is 11.0 Å². The van der Waals surface area contributed by atoms with Gasteiger partial charge in [0.15, 0.2) is 0 Å². The van der Waals surface area contributed by atoms with E-state index >= 15 is 0 Å². The van der Waals surface area contributed by atoms with Crippen LogP contribution >= 0.6 is 0 Å². The Bertz CT molecular complexity index is 1170. The molecule has 2 aromatic heterocycles. The van der Waals surface area contributed by atoms with Crippen molar-refractivity contribution in [3.63, 3.8) is 0 Å². The number of amides is 1. The zero-order valence-corrected chi connectivity index (χ0v) is 15.4. The van der Waals surface area contributed by atoms with E-state index in [2.05, 4.69) is 25.8 Å². The maximum absolute atomic E-state index is 12.3. The lowest BCUT2D eigenvalue weighted by atomic mass is 10.1. The Morgan fingerprint density at radius 1 is 1.07 bits per heavy atom. The molecule has 144 valence electrons. The highest BCUT2D eigenvalue weighted by molar-refractivity contribution is 5.94. The van der Waals surface area contributed by atoms with Gasteiger partial charge in [-0.1, -0.05) is 42.5 Å². The van der Waals surface area contributed by atoms with Crippen molar-refractivity contribution in [3.05, 3.63) is 72.2 Å². The SMILES string of the molecule is O=C(CCn1cnnn1)Nc1ccccc1/C=C/c1ccc2cccc(O)c2n1. The molecule has 2 aromatic carbocycles. The van der Waals surface area contributed by atoms with E-state index in [1.807, 2.05) is 54.6 Å². The Morgan fingerprint density at radius 3 is 2.83 bits per heavy atom. The van der Waals surface area contributed by atoms with E-state index < -0.39 is 0 Å². The Labute approximate surface area is 166 Å². The molecule has 8 nitrogen and oxygen atoms in total. The molecular formula is C21H18N6O2. The molecule has 0 bridgehead atoms. The van der Waals surface area contributed by atoms with Crippen molar-refractivity contribution in [1.82, 2.24) is 25.2 Å². The second kappa shape index (κ2) is 8.30. The summed E-state index contributed by atoms with van der Waals surface area (Å²) >= 11 is 0. The van der Waals surface area contributed by atoms with Gasteiger partial charge in [-0.25, -0.2) is 9.67 Å². The fourth-order valence-corrected chi connectivity index (χ4v) is 2.88. The van der Waals surface area contributed by atoms with Crippen molar-refractivity contribution in [2.75, 3.05) is 5.32 Å². The first-order valence-electron chi connectivity index (χ1n) is 9.05. The molecular weight excluding hydrogens is 368 g/mol. The largest absolute Gasteiger partial charge is 0.506 e. The van der Waals surface area contributed by atoms with Gasteiger partial charge in [-0.15, -0.1) is 5.10 Å². The quantitative estimate of drug-likeness (QED) is 0.527. The highest BCUT2D eigenvalue weighted by Crippen LogP contribution is 2.23. The van der Waals surface area contributed by atoms with Gasteiger partial charge in [0.05, 0.1) is 12.2 Å². The van der Waals surface area contributed by atoms with Crippen LogP contribution in [0.1, 0.15) is 17.7 Å². The lowest BCUT2D eigenvalue weighted by Crippen LogP contribution is -2.15. The van der Waals surface area contributed by atoms with E-state index in [0.29, 0.717) is 23.4 Å². The van der Waals surface area contributed by atoms with Crippen LogP contribution in [-0.4, -0.2) is 36.2 Å². The Balaban J connectivity index is 1.49. The molecule has 2 heterocycles. The Morgan fingerprint density at radius 2 is 1.97 bits per heavy atom.